The summed E-state index contributed by atoms with van der Waals surface area (Å²) < 4.78 is 36.9. The number of hydrogen-bond donors (Lipinski definition) is 0. The van der Waals surface area contributed by atoms with Crippen LogP contribution in [0.15, 0.2) is 11.0 Å². The summed E-state index contributed by atoms with van der Waals surface area (Å²) in [7, 11) is 0. The molecule has 0 fully saturated rings. The third-order valence-corrected chi connectivity index (χ3v) is 3.43. The van der Waals surface area contributed by atoms with Crippen molar-refractivity contribution in [1.82, 2.24) is 0 Å². The smallest absolute Gasteiger partial charge is 0.166 e. The van der Waals surface area contributed by atoms with E-state index in [2.05, 4.69) is 0 Å². The van der Waals surface area contributed by atoms with E-state index in [-0.39, 0.29) is 5.92 Å². The molecule has 13 heavy (non-hydrogen) atoms. The van der Waals surface area contributed by atoms with Gasteiger partial charge in [0, 0.05) is 11.8 Å². The van der Waals surface area contributed by atoms with Crippen LogP contribution in [0.5, 0.6) is 0 Å². The average Bonchev–Trinajstić information content (AvgIpc) is 2.32. The van der Waals surface area contributed by atoms with Crippen molar-refractivity contribution < 1.29 is 13.2 Å². The maximum atomic E-state index is 12.2. The lowest BCUT2D eigenvalue weighted by atomic mass is 10.1. The van der Waals surface area contributed by atoms with E-state index in [1.54, 1.807) is 0 Å². The summed E-state index contributed by atoms with van der Waals surface area (Å²) in [5, 5.41) is 0. The highest BCUT2D eigenvalue weighted by Crippen LogP contribution is 2.43. The van der Waals surface area contributed by atoms with Crippen LogP contribution in [0.1, 0.15) is 6.42 Å². The van der Waals surface area contributed by atoms with Gasteiger partial charge in [0.25, 0.3) is 0 Å². The zero-order chi connectivity index (χ0) is 10.1. The van der Waals surface area contributed by atoms with E-state index in [1.165, 1.54) is 0 Å². The van der Waals surface area contributed by atoms with Gasteiger partial charge in [0.05, 0.1) is 9.10 Å². The van der Waals surface area contributed by atoms with Crippen molar-refractivity contribution >= 4 is 39.8 Å². The first-order chi connectivity index (χ1) is 5.95. The van der Waals surface area contributed by atoms with Crippen LogP contribution in [-0.2, 0) is 0 Å². The second-order valence-corrected chi connectivity index (χ2v) is 4.69. The molecule has 0 amide bonds. The minimum absolute atomic E-state index is 0.297. The first kappa shape index (κ1) is 11.3. The third-order valence-electron chi connectivity index (χ3n) is 1.57. The molecule has 0 aromatic heterocycles. The van der Waals surface area contributed by atoms with Crippen molar-refractivity contribution in [2.24, 2.45) is 5.92 Å². The van der Waals surface area contributed by atoms with Crippen LogP contribution in [0.4, 0.5) is 13.2 Å². The predicted molar refractivity (Wildman–Crippen MR) is 53.2 cm³/mol. The number of hydrogen-bond acceptors (Lipinski definition) is 2. The van der Waals surface area contributed by atoms with Crippen molar-refractivity contribution in [2.75, 3.05) is 5.88 Å². The Kier molecular flexibility index (Phi) is 3.65. The molecule has 1 unspecified atom stereocenters. The number of alkyl halides is 4. The van der Waals surface area contributed by atoms with Gasteiger partial charge in [-0.15, -0.1) is 11.6 Å². The molecule has 1 aliphatic rings. The zero-order valence-corrected chi connectivity index (χ0v) is 8.79. The first-order valence-corrected chi connectivity index (χ1v) is 5.27. The minimum Gasteiger partial charge on any atom is -0.166 e. The van der Waals surface area contributed by atoms with Crippen LogP contribution in [0.3, 0.4) is 0 Å². The van der Waals surface area contributed by atoms with Gasteiger partial charge in [0.1, 0.15) is 0 Å². The van der Waals surface area contributed by atoms with Crippen molar-refractivity contribution in [3.05, 3.63) is 11.0 Å². The molecule has 0 spiro atoms. The maximum Gasteiger partial charge on any atom is 0.422 e. The van der Waals surface area contributed by atoms with E-state index in [9.17, 15) is 13.2 Å². The normalized spacial score (nSPS) is 23.5. The molecule has 1 rings (SSSR count). The van der Waals surface area contributed by atoms with Gasteiger partial charge in [-0.2, -0.15) is 13.2 Å². The van der Waals surface area contributed by atoms with Crippen LogP contribution in [0.2, 0.25) is 0 Å². The van der Waals surface area contributed by atoms with Crippen molar-refractivity contribution in [3.8, 4) is 0 Å². The molecule has 0 bridgehead atoms. The molecule has 0 aliphatic carbocycles. The fourth-order valence-corrected chi connectivity index (χ4v) is 2.53. The van der Waals surface area contributed by atoms with Gasteiger partial charge >= 0.3 is 6.18 Å². The molecule has 0 saturated heterocycles. The number of allylic oxidation sites excluding steroid dienone is 2. The van der Waals surface area contributed by atoms with Crippen molar-refractivity contribution in [3.63, 3.8) is 0 Å². The molecule has 0 radical (unpaired) electrons. The van der Waals surface area contributed by atoms with Gasteiger partial charge in [-0.1, -0.05) is 30.1 Å². The van der Waals surface area contributed by atoms with Crippen LogP contribution < -0.4 is 0 Å². The molecule has 6 heteroatoms. The third kappa shape index (κ3) is 2.86. The number of rotatable bonds is 2. The lowest BCUT2D eigenvalue weighted by Crippen LogP contribution is -2.07. The quantitative estimate of drug-likeness (QED) is 0.538. The second-order valence-electron chi connectivity index (χ2n) is 2.53. The predicted octanol–water partition coefficient (Wildman–Crippen LogP) is 3.75. The molecule has 0 nitrogen and oxygen atoms in total. The molecule has 0 saturated carbocycles. The van der Waals surface area contributed by atoms with Gasteiger partial charge < -0.3 is 0 Å². The molecule has 0 aromatic carbocycles. The Hall–Kier alpha value is 0.260. The van der Waals surface area contributed by atoms with E-state index in [0.717, 1.165) is 6.08 Å². The number of halogens is 4. The lowest BCUT2D eigenvalue weighted by Gasteiger charge is -2.04. The summed E-state index contributed by atoms with van der Waals surface area (Å²) in [5.41, 5.74) is 0. The van der Waals surface area contributed by atoms with Crippen molar-refractivity contribution in [2.45, 2.75) is 12.6 Å². The van der Waals surface area contributed by atoms with Crippen LogP contribution in [0.25, 0.3) is 0 Å². The number of thiocarbonyl (C=S) groups is 1. The standard InChI is InChI=1S/C7H6ClF3S2/c8-2-1-4-3-5(7(9,10)11)13-6(4)12/h3-4H,1-2H2. The summed E-state index contributed by atoms with van der Waals surface area (Å²) in [6, 6.07) is 0. The molecule has 1 atom stereocenters. The molecule has 1 aliphatic heterocycles. The van der Waals surface area contributed by atoms with Crippen LogP contribution in [0, 0.1) is 5.92 Å². The van der Waals surface area contributed by atoms with Gasteiger partial charge in [-0.3, -0.25) is 0 Å². The van der Waals surface area contributed by atoms with E-state index in [0.29, 0.717) is 28.3 Å². The fraction of sp³-hybridized carbons (Fsp3) is 0.571. The summed E-state index contributed by atoms with van der Waals surface area (Å²) in [5.74, 6) is 0.0293. The Morgan fingerprint density at radius 1 is 1.54 bits per heavy atom. The van der Waals surface area contributed by atoms with Gasteiger partial charge in [0.15, 0.2) is 0 Å². The highest BCUT2D eigenvalue weighted by molar-refractivity contribution is 8.26. The summed E-state index contributed by atoms with van der Waals surface area (Å²) in [6.07, 6.45) is -2.63. The SMILES string of the molecule is FC(F)(F)C1=CC(CCCl)C(=S)S1. The molecule has 0 N–H and O–H groups in total. The Labute approximate surface area is 88.5 Å². The summed E-state index contributed by atoms with van der Waals surface area (Å²) >= 11 is 10.9. The minimum atomic E-state index is -4.27. The molecular formula is C7H6ClF3S2. The highest BCUT2D eigenvalue weighted by atomic mass is 35.5. The largest absolute Gasteiger partial charge is 0.422 e. The first-order valence-electron chi connectivity index (χ1n) is 3.52. The second kappa shape index (κ2) is 4.19. The van der Waals surface area contributed by atoms with Crippen molar-refractivity contribution in [1.29, 1.82) is 0 Å². The van der Waals surface area contributed by atoms with Gasteiger partial charge in [-0.25, -0.2) is 0 Å². The van der Waals surface area contributed by atoms with E-state index >= 15 is 0 Å². The Morgan fingerprint density at radius 2 is 2.15 bits per heavy atom. The average molecular weight is 247 g/mol. The molecule has 1 heterocycles. The molecule has 74 valence electrons. The van der Waals surface area contributed by atoms with E-state index in [4.69, 9.17) is 23.8 Å². The van der Waals surface area contributed by atoms with Crippen LogP contribution in [-0.4, -0.2) is 16.3 Å². The zero-order valence-electron chi connectivity index (χ0n) is 6.40. The topological polar surface area (TPSA) is 0 Å². The fourth-order valence-electron chi connectivity index (χ4n) is 0.940. The monoisotopic (exact) mass is 246 g/mol. The Morgan fingerprint density at radius 3 is 2.54 bits per heavy atom. The lowest BCUT2D eigenvalue weighted by molar-refractivity contribution is -0.0836. The molecule has 0 aromatic rings. The molecular weight excluding hydrogens is 241 g/mol. The highest BCUT2D eigenvalue weighted by Gasteiger charge is 2.39. The Bertz CT molecular complexity index is 247. The van der Waals surface area contributed by atoms with Gasteiger partial charge in [-0.05, 0) is 6.42 Å². The summed E-state index contributed by atoms with van der Waals surface area (Å²) in [4.78, 5) is -0.604. The van der Waals surface area contributed by atoms with E-state index in [1.807, 2.05) is 0 Å². The van der Waals surface area contributed by atoms with Gasteiger partial charge in [0.2, 0.25) is 0 Å². The van der Waals surface area contributed by atoms with Crippen LogP contribution >= 0.6 is 35.6 Å². The number of thioether (sulfide) groups is 1. The summed E-state index contributed by atoms with van der Waals surface area (Å²) in [6.45, 7) is 0. The Balaban J connectivity index is 2.72. The van der Waals surface area contributed by atoms with E-state index < -0.39 is 11.1 Å². The maximum absolute atomic E-state index is 12.2.